The summed E-state index contributed by atoms with van der Waals surface area (Å²) in [5, 5.41) is 2.06. The Morgan fingerprint density at radius 1 is 0.800 bits per heavy atom. The Hall–Kier alpha value is 1.61. The Morgan fingerprint density at radius 3 is 2.13 bits per heavy atom. The van der Waals surface area contributed by atoms with E-state index in [1.165, 1.54) is 56.5 Å². The molecule has 7 aliphatic rings. The summed E-state index contributed by atoms with van der Waals surface area (Å²) < 4.78 is 0.660. The highest BCUT2D eigenvalue weighted by atomic mass is 79.9. The molecule has 7 aliphatic heterocycles. The van der Waals surface area contributed by atoms with Gasteiger partial charge in [-0.1, -0.05) is 25.3 Å². The van der Waals surface area contributed by atoms with Gasteiger partial charge in [0.05, 0.1) is 13.1 Å². The summed E-state index contributed by atoms with van der Waals surface area (Å²) in [5.41, 5.74) is 0. The first kappa shape index (κ1) is 7.92. The molecule has 0 aromatic heterocycles. The average Bonchev–Trinajstić information content (AvgIpc) is 2.86. The molecule has 7 saturated heterocycles. The zero-order valence-corrected chi connectivity index (χ0v) is 11.4. The van der Waals surface area contributed by atoms with Crippen molar-refractivity contribution in [3.05, 3.63) is 0 Å². The highest BCUT2D eigenvalue weighted by Gasteiger charge is 3.09. The van der Waals surface area contributed by atoms with Crippen molar-refractivity contribution in [2.75, 3.05) is 5.33 Å². The fourth-order valence-corrected chi connectivity index (χ4v) is 12.0. The summed E-state index contributed by atoms with van der Waals surface area (Å²) in [4.78, 5) is 0. The molecule has 15 heavy (non-hydrogen) atoms. The predicted molar refractivity (Wildman–Crippen MR) is 85.7 cm³/mol. The second kappa shape index (κ2) is 1.67. The van der Waals surface area contributed by atoms with Crippen LogP contribution in [0.1, 0.15) is 0 Å². The maximum atomic E-state index is 4.22. The number of alkyl halides is 2. The second-order valence-corrected chi connectivity index (χ2v) is 9.39. The lowest BCUT2D eigenvalue weighted by molar-refractivity contribution is 1.05. The van der Waals surface area contributed by atoms with Gasteiger partial charge in [0.1, 0.15) is 0 Å². The van der Waals surface area contributed by atoms with Crippen LogP contribution in [0.25, 0.3) is 0 Å². The van der Waals surface area contributed by atoms with Gasteiger partial charge < -0.3 is 0 Å². The molecule has 7 rings (SSSR count). The molecule has 0 aromatic rings. The molecule has 0 saturated carbocycles. The van der Waals surface area contributed by atoms with Crippen LogP contribution in [0.4, 0.5) is 0 Å². The molecule has 0 spiro atoms. The first-order chi connectivity index (χ1) is 7.30. The Balaban J connectivity index is 1.62. The summed E-state index contributed by atoms with van der Waals surface area (Å²) in [6.07, 6.45) is 8.61. The zero-order chi connectivity index (χ0) is 9.48. The van der Waals surface area contributed by atoms with Crippen LogP contribution in [0.5, 0.6) is 0 Å². The van der Waals surface area contributed by atoms with Gasteiger partial charge in [-0.05, 0) is 5.33 Å². The van der Waals surface area contributed by atoms with Crippen LogP contribution in [-0.4, -0.2) is 73.7 Å². The van der Waals surface area contributed by atoms with Gasteiger partial charge in [-0.25, -0.2) is 0 Å². The van der Waals surface area contributed by atoms with Crippen molar-refractivity contribution in [1.29, 1.82) is 0 Å². The van der Waals surface area contributed by atoms with E-state index in [0.29, 0.717) is 4.12 Å². The zero-order valence-electron chi connectivity index (χ0n) is 8.24. The number of halogens is 2. The topological polar surface area (TPSA) is 0 Å². The van der Waals surface area contributed by atoms with Gasteiger partial charge in [-0.15, -0.1) is 15.9 Å². The van der Waals surface area contributed by atoms with E-state index in [9.17, 15) is 0 Å². The van der Waals surface area contributed by atoms with Crippen molar-refractivity contribution >= 4 is 96.1 Å². The van der Waals surface area contributed by atoms with E-state index < -0.39 is 0 Å². The highest BCUT2D eigenvalue weighted by molar-refractivity contribution is 9.12. The number of rotatable bonds is 1. The van der Waals surface area contributed by atoms with Crippen LogP contribution in [0.3, 0.4) is 0 Å². The summed E-state index contributed by atoms with van der Waals surface area (Å²) in [6.45, 7) is 3.42. The van der Waals surface area contributed by atoms with Gasteiger partial charge in [-0.2, -0.15) is 0 Å². The molecule has 58 valence electrons. The fourth-order valence-electron chi connectivity index (χ4n) is 8.60. The van der Waals surface area contributed by atoms with Crippen LogP contribution in [0.15, 0.2) is 0 Å². The molecule has 7 fully saturated rings. The van der Waals surface area contributed by atoms with Gasteiger partial charge >= 0.3 is 0 Å². The normalized spacial score (nSPS) is 50.8. The molecule has 0 N–H and O–H groups in total. The smallest absolute Gasteiger partial charge is 0.0984 e. The summed E-state index contributed by atoms with van der Waals surface area (Å²) >= 11 is 8.09. The predicted octanol–water partition coefficient (Wildman–Crippen LogP) is -2.06. The van der Waals surface area contributed by atoms with E-state index in [0.717, 1.165) is 18.3 Å². The Labute approximate surface area is 110 Å². The SMILES string of the molecule is BrCC12B3B4B5B6B4B3B3B(B65)C1(Br)B32. The summed E-state index contributed by atoms with van der Waals surface area (Å²) in [7, 11) is 0. The van der Waals surface area contributed by atoms with E-state index in [-0.39, 0.29) is 0 Å². The molecule has 2 atom stereocenters. The molecular formula is C3H2B10Br2. The molecule has 12 heteroatoms. The minimum Gasteiger partial charge on any atom is -0.106 e. The lowest BCUT2D eigenvalue weighted by Gasteiger charge is -2.64. The minimum absolute atomic E-state index is 0.660. The van der Waals surface area contributed by atoms with Gasteiger partial charge in [0, 0.05) is 51.2 Å². The van der Waals surface area contributed by atoms with Crippen molar-refractivity contribution in [3.8, 4) is 0 Å². The monoisotopic (exact) mass is 306 g/mol. The quantitative estimate of drug-likeness (QED) is 0.386. The van der Waals surface area contributed by atoms with E-state index in [1.807, 2.05) is 0 Å². The van der Waals surface area contributed by atoms with E-state index in [4.69, 9.17) is 0 Å². The van der Waals surface area contributed by atoms with E-state index >= 15 is 0 Å². The lowest BCUT2D eigenvalue weighted by atomic mass is 8.25. The lowest BCUT2D eigenvalue weighted by Crippen LogP contribution is -2.99. The van der Waals surface area contributed by atoms with E-state index in [1.54, 1.807) is 0 Å². The van der Waals surface area contributed by atoms with E-state index in [2.05, 4.69) is 31.9 Å². The van der Waals surface area contributed by atoms with Crippen LogP contribution in [-0.2, 0) is 0 Å². The Bertz CT molecular complexity index is 483. The Morgan fingerprint density at radius 2 is 1.40 bits per heavy atom. The molecule has 7 heterocycles. The number of fused-ring (bicyclic) bond motifs is 7. The van der Waals surface area contributed by atoms with Crippen LogP contribution in [0, 0.1) is 0 Å². The van der Waals surface area contributed by atoms with Gasteiger partial charge in [-0.3, -0.25) is 0 Å². The minimum atomic E-state index is 0.660. The number of hydrogen-bond donors (Lipinski definition) is 0. The first-order valence-electron chi connectivity index (χ1n) is 6.55. The summed E-state index contributed by atoms with van der Waals surface area (Å²) in [6, 6.07) is 0. The largest absolute Gasteiger partial charge is 0.106 e. The van der Waals surface area contributed by atoms with Crippen molar-refractivity contribution in [3.63, 3.8) is 0 Å². The third kappa shape index (κ3) is 0.394. The molecule has 0 nitrogen and oxygen atoms in total. The fraction of sp³-hybridized carbons (Fsp3) is 1.00. The standard InChI is InChI=1S/C3H2B10Br2/c14-1-2-3(15)4(2)7-6(3)10-12-9-5(2)8(7)11(9)13(10)12/h1H2. The molecule has 0 bridgehead atoms. The molecule has 2 unspecified atom stereocenters. The van der Waals surface area contributed by atoms with Crippen molar-refractivity contribution in [2.45, 2.75) is 9.34 Å². The van der Waals surface area contributed by atoms with Gasteiger partial charge in [0.25, 0.3) is 0 Å². The van der Waals surface area contributed by atoms with Gasteiger partial charge in [0.15, 0.2) is 0 Å². The molecule has 0 aliphatic carbocycles. The maximum Gasteiger partial charge on any atom is 0.0984 e. The number of hydrogen-bond acceptors (Lipinski definition) is 0. The first-order valence-corrected chi connectivity index (χ1v) is 8.46. The van der Waals surface area contributed by atoms with Gasteiger partial charge in [0.2, 0.25) is 0 Å². The Kier molecular flexibility index (Phi) is 0.884. The average molecular weight is 306 g/mol. The molecular weight excluding hydrogens is 304 g/mol. The van der Waals surface area contributed by atoms with Crippen LogP contribution < -0.4 is 0 Å². The maximum absolute atomic E-state index is 4.22. The van der Waals surface area contributed by atoms with Crippen molar-refractivity contribution in [1.82, 2.24) is 0 Å². The third-order valence-electron chi connectivity index (χ3n) is 8.40. The molecule has 0 aromatic carbocycles. The molecule has 0 amide bonds. The van der Waals surface area contributed by atoms with Crippen molar-refractivity contribution in [2.24, 2.45) is 0 Å². The highest BCUT2D eigenvalue weighted by Crippen LogP contribution is 2.87. The van der Waals surface area contributed by atoms with Crippen LogP contribution >= 0.6 is 31.9 Å². The summed E-state index contributed by atoms with van der Waals surface area (Å²) in [5.74, 6) is 0. The third-order valence-corrected chi connectivity index (χ3v) is 11.1. The van der Waals surface area contributed by atoms with Crippen molar-refractivity contribution < 1.29 is 0 Å². The second-order valence-electron chi connectivity index (χ2n) is 7.51. The van der Waals surface area contributed by atoms with Crippen LogP contribution in [0.2, 0.25) is 5.21 Å². The molecule has 0 radical (unpaired) electrons.